The van der Waals surface area contributed by atoms with Gasteiger partial charge in [-0.05, 0) is 13.0 Å². The number of rotatable bonds is 9. The second-order valence-corrected chi connectivity index (χ2v) is 4.31. The van der Waals surface area contributed by atoms with E-state index in [1.807, 2.05) is 0 Å². The number of para-hydroxylation sites is 1. The van der Waals surface area contributed by atoms with Gasteiger partial charge in [0, 0.05) is 18.7 Å². The molecule has 0 aliphatic rings. The molecule has 1 rings (SSSR count). The van der Waals surface area contributed by atoms with Crippen LogP contribution in [-0.4, -0.2) is 36.9 Å². The molecule has 0 heterocycles. The van der Waals surface area contributed by atoms with Crippen molar-refractivity contribution in [3.05, 3.63) is 23.8 Å². The molecule has 2 amide bonds. The Morgan fingerprint density at radius 2 is 2.04 bits per heavy atom. The second-order valence-electron chi connectivity index (χ2n) is 4.31. The lowest BCUT2D eigenvalue weighted by Gasteiger charge is -2.15. The Morgan fingerprint density at radius 1 is 1.30 bits per heavy atom. The summed E-state index contributed by atoms with van der Waals surface area (Å²) in [6, 6.07) is 3.97. The molecule has 0 aliphatic heterocycles. The fraction of sp³-hybridized carbons (Fsp3) is 0.429. The summed E-state index contributed by atoms with van der Waals surface area (Å²) in [5.41, 5.74) is 0.310. The first kappa shape index (κ1) is 18.5. The molecule has 1 aromatic rings. The second kappa shape index (κ2) is 9.44. The molecule has 0 unspecified atom stereocenters. The summed E-state index contributed by atoms with van der Waals surface area (Å²) >= 11 is 0. The van der Waals surface area contributed by atoms with Crippen LogP contribution in [0.1, 0.15) is 18.9 Å². The zero-order chi connectivity index (χ0) is 17.2. The largest absolute Gasteiger partial charge is 0.490 e. The maximum atomic E-state index is 12.5. The first-order valence-corrected chi connectivity index (χ1v) is 6.87. The molecule has 0 atom stereocenters. The molecule has 1 aromatic carbocycles. The third-order valence-corrected chi connectivity index (χ3v) is 2.63. The third-order valence-electron chi connectivity index (χ3n) is 2.63. The van der Waals surface area contributed by atoms with Gasteiger partial charge in [0.2, 0.25) is 0 Å². The molecular weight excluding hydrogens is 314 g/mol. The van der Waals surface area contributed by atoms with E-state index in [0.29, 0.717) is 5.56 Å². The highest BCUT2D eigenvalue weighted by Gasteiger charge is 2.16. The molecule has 0 aromatic heterocycles. The van der Waals surface area contributed by atoms with Gasteiger partial charge in [0.25, 0.3) is 0 Å². The summed E-state index contributed by atoms with van der Waals surface area (Å²) in [4.78, 5) is 21.8. The lowest BCUT2D eigenvalue weighted by Crippen LogP contribution is -2.36. The predicted octanol–water partition coefficient (Wildman–Crippen LogP) is 1.96. The highest BCUT2D eigenvalue weighted by molar-refractivity contribution is 5.75. The quantitative estimate of drug-likeness (QED) is 0.642. The number of carbonyl (C=O) groups excluding carboxylic acids is 1. The zero-order valence-electron chi connectivity index (χ0n) is 12.5. The number of hydrogen-bond donors (Lipinski definition) is 3. The summed E-state index contributed by atoms with van der Waals surface area (Å²) < 4.78 is 34.7. The van der Waals surface area contributed by atoms with Crippen LogP contribution in [0.4, 0.5) is 13.6 Å². The van der Waals surface area contributed by atoms with E-state index in [4.69, 9.17) is 9.84 Å². The molecule has 3 N–H and O–H groups in total. The number of urea groups is 1. The summed E-state index contributed by atoms with van der Waals surface area (Å²) in [6.07, 6.45) is -0.215. The molecule has 0 bridgehead atoms. The van der Waals surface area contributed by atoms with Crippen LogP contribution in [0.2, 0.25) is 0 Å². The van der Waals surface area contributed by atoms with Crippen molar-refractivity contribution in [2.45, 2.75) is 26.5 Å². The van der Waals surface area contributed by atoms with E-state index in [0.717, 1.165) is 0 Å². The highest BCUT2D eigenvalue weighted by atomic mass is 19.3. The molecule has 23 heavy (non-hydrogen) atoms. The molecule has 0 saturated heterocycles. The van der Waals surface area contributed by atoms with Gasteiger partial charge in [-0.3, -0.25) is 4.79 Å². The minimum absolute atomic E-state index is 0.0411. The first-order chi connectivity index (χ1) is 10.9. The van der Waals surface area contributed by atoms with E-state index in [9.17, 15) is 18.4 Å². The Morgan fingerprint density at radius 3 is 2.65 bits per heavy atom. The monoisotopic (exact) mass is 332 g/mol. The molecule has 9 heteroatoms. The lowest BCUT2D eigenvalue weighted by atomic mass is 10.2. The van der Waals surface area contributed by atoms with E-state index < -0.39 is 18.6 Å². The van der Waals surface area contributed by atoms with Crippen molar-refractivity contribution in [3.63, 3.8) is 0 Å². The summed E-state index contributed by atoms with van der Waals surface area (Å²) in [5, 5.41) is 13.2. The van der Waals surface area contributed by atoms with Gasteiger partial charge in [0.05, 0.1) is 13.0 Å². The fourth-order valence-corrected chi connectivity index (χ4v) is 1.71. The topological polar surface area (TPSA) is 96.9 Å². The van der Waals surface area contributed by atoms with Gasteiger partial charge in [0.1, 0.15) is 0 Å². The van der Waals surface area contributed by atoms with E-state index in [-0.39, 0.29) is 37.6 Å². The van der Waals surface area contributed by atoms with Gasteiger partial charge >= 0.3 is 18.6 Å². The van der Waals surface area contributed by atoms with Crippen molar-refractivity contribution in [3.8, 4) is 11.5 Å². The van der Waals surface area contributed by atoms with E-state index in [2.05, 4.69) is 15.4 Å². The summed E-state index contributed by atoms with van der Waals surface area (Å²) in [5.74, 6) is -1.03. The number of amides is 2. The molecule has 0 aliphatic carbocycles. The molecule has 7 nitrogen and oxygen atoms in total. The minimum atomic E-state index is -3.03. The number of carboxylic acids is 1. The van der Waals surface area contributed by atoms with Crippen molar-refractivity contribution >= 4 is 12.0 Å². The molecule has 0 radical (unpaired) electrons. The van der Waals surface area contributed by atoms with Crippen LogP contribution in [0.25, 0.3) is 0 Å². The number of alkyl halides is 2. The van der Waals surface area contributed by atoms with Crippen LogP contribution >= 0.6 is 0 Å². The van der Waals surface area contributed by atoms with Crippen molar-refractivity contribution in [2.24, 2.45) is 0 Å². The van der Waals surface area contributed by atoms with Crippen LogP contribution in [0.15, 0.2) is 18.2 Å². The predicted molar refractivity (Wildman–Crippen MR) is 76.7 cm³/mol. The Balaban J connectivity index is 2.69. The number of aliphatic carboxylic acids is 1. The molecule has 0 fully saturated rings. The van der Waals surface area contributed by atoms with Gasteiger partial charge in [0.15, 0.2) is 11.5 Å². The van der Waals surface area contributed by atoms with Crippen molar-refractivity contribution in [2.75, 3.05) is 13.2 Å². The van der Waals surface area contributed by atoms with E-state index in [1.165, 1.54) is 12.1 Å². The van der Waals surface area contributed by atoms with Crippen molar-refractivity contribution < 1.29 is 33.0 Å². The van der Waals surface area contributed by atoms with E-state index >= 15 is 0 Å². The van der Waals surface area contributed by atoms with Crippen LogP contribution < -0.4 is 20.1 Å². The number of benzene rings is 1. The summed E-state index contributed by atoms with van der Waals surface area (Å²) in [7, 11) is 0. The maximum Gasteiger partial charge on any atom is 0.387 e. The first-order valence-electron chi connectivity index (χ1n) is 6.87. The van der Waals surface area contributed by atoms with Gasteiger partial charge in [-0.25, -0.2) is 4.79 Å². The number of ether oxygens (including phenoxy) is 2. The number of carboxylic acid groups (broad SMARTS) is 1. The van der Waals surface area contributed by atoms with Crippen molar-refractivity contribution in [1.82, 2.24) is 10.6 Å². The Labute approximate surface area is 131 Å². The molecular formula is C14H18F2N2O5. The minimum Gasteiger partial charge on any atom is -0.490 e. The van der Waals surface area contributed by atoms with Gasteiger partial charge in [-0.1, -0.05) is 12.1 Å². The molecule has 0 saturated carbocycles. The van der Waals surface area contributed by atoms with Crippen LogP contribution in [0, 0.1) is 0 Å². The van der Waals surface area contributed by atoms with Gasteiger partial charge in [-0.15, -0.1) is 0 Å². The number of carbonyl (C=O) groups is 2. The SMILES string of the molecule is CCOc1cccc(CNC(=O)NCCC(=O)O)c1OC(F)F. The molecule has 0 spiro atoms. The van der Waals surface area contributed by atoms with E-state index in [1.54, 1.807) is 13.0 Å². The lowest BCUT2D eigenvalue weighted by molar-refractivity contribution is -0.136. The van der Waals surface area contributed by atoms with Gasteiger partial charge < -0.3 is 25.2 Å². The average Bonchev–Trinajstić information content (AvgIpc) is 2.47. The van der Waals surface area contributed by atoms with Crippen LogP contribution in [0.3, 0.4) is 0 Å². The van der Waals surface area contributed by atoms with Crippen LogP contribution in [-0.2, 0) is 11.3 Å². The Hall–Kier alpha value is -2.58. The summed E-state index contributed by atoms with van der Waals surface area (Å²) in [6.45, 7) is -1.18. The zero-order valence-corrected chi connectivity index (χ0v) is 12.5. The Kier molecular flexibility index (Phi) is 7.58. The highest BCUT2D eigenvalue weighted by Crippen LogP contribution is 2.32. The smallest absolute Gasteiger partial charge is 0.387 e. The van der Waals surface area contributed by atoms with Gasteiger partial charge in [-0.2, -0.15) is 8.78 Å². The Bertz CT molecular complexity index is 540. The normalized spacial score (nSPS) is 10.3. The van der Waals surface area contributed by atoms with Crippen molar-refractivity contribution in [1.29, 1.82) is 0 Å². The third kappa shape index (κ3) is 6.81. The number of halogens is 2. The van der Waals surface area contributed by atoms with Crippen LogP contribution in [0.5, 0.6) is 11.5 Å². The average molecular weight is 332 g/mol. The number of nitrogens with one attached hydrogen (secondary N) is 2. The maximum absolute atomic E-state index is 12.5. The standard InChI is InChI=1S/C14H18F2N2O5/c1-2-22-10-5-3-4-9(12(10)23-13(15)16)8-18-14(21)17-7-6-11(19)20/h3-5,13H,2,6-8H2,1H3,(H,19,20)(H2,17,18,21). The molecule has 128 valence electrons. The fourth-order valence-electron chi connectivity index (χ4n) is 1.71. The number of hydrogen-bond acceptors (Lipinski definition) is 4.